The van der Waals surface area contributed by atoms with E-state index in [1.165, 1.54) is 29.4 Å². The summed E-state index contributed by atoms with van der Waals surface area (Å²) in [6.45, 7) is 3.20. The first-order valence-electron chi connectivity index (χ1n) is 5.60. The zero-order chi connectivity index (χ0) is 10.7. The summed E-state index contributed by atoms with van der Waals surface area (Å²) >= 11 is 1.84. The van der Waals surface area contributed by atoms with Gasteiger partial charge >= 0.3 is 0 Å². The molecule has 1 fully saturated rings. The molecule has 4 heteroatoms. The van der Waals surface area contributed by atoms with Crippen molar-refractivity contribution in [3.8, 4) is 0 Å². The van der Waals surface area contributed by atoms with Crippen LogP contribution in [0.3, 0.4) is 0 Å². The van der Waals surface area contributed by atoms with Gasteiger partial charge < -0.3 is 10.6 Å². The minimum Gasteiger partial charge on any atom is -0.330 e. The fraction of sp³-hybridized carbons (Fsp3) is 0.727. The van der Waals surface area contributed by atoms with E-state index < -0.39 is 0 Å². The van der Waals surface area contributed by atoms with E-state index in [4.69, 9.17) is 5.73 Å². The minimum atomic E-state index is 0.730. The number of likely N-dealkylation sites (tertiary alicyclic amines) is 1. The van der Waals surface area contributed by atoms with E-state index in [1.54, 1.807) is 0 Å². The van der Waals surface area contributed by atoms with Crippen molar-refractivity contribution >= 4 is 11.3 Å². The van der Waals surface area contributed by atoms with Crippen molar-refractivity contribution in [3.63, 3.8) is 0 Å². The van der Waals surface area contributed by atoms with E-state index >= 15 is 0 Å². The molecule has 2 heterocycles. The smallest absolute Gasteiger partial charge is 0.0930 e. The average molecular weight is 225 g/mol. The summed E-state index contributed by atoms with van der Waals surface area (Å²) in [5.74, 6) is 0.812. The molecule has 1 aliphatic rings. The number of hydrogen-bond acceptors (Lipinski definition) is 4. The summed E-state index contributed by atoms with van der Waals surface area (Å²) < 4.78 is 0. The van der Waals surface area contributed by atoms with Crippen LogP contribution in [0.2, 0.25) is 0 Å². The Balaban J connectivity index is 1.87. The van der Waals surface area contributed by atoms with E-state index in [0.717, 1.165) is 25.3 Å². The van der Waals surface area contributed by atoms with Crippen molar-refractivity contribution < 1.29 is 0 Å². The quantitative estimate of drug-likeness (QED) is 0.835. The first-order valence-corrected chi connectivity index (χ1v) is 6.41. The molecule has 0 aliphatic carbocycles. The van der Waals surface area contributed by atoms with Gasteiger partial charge in [-0.2, -0.15) is 0 Å². The predicted molar refractivity (Wildman–Crippen MR) is 64.2 cm³/mol. The van der Waals surface area contributed by atoms with E-state index in [9.17, 15) is 0 Å². The molecule has 1 aliphatic heterocycles. The summed E-state index contributed by atoms with van der Waals surface area (Å²) in [5, 5.41) is 1.29. The average Bonchev–Trinajstić information content (AvgIpc) is 2.78. The van der Waals surface area contributed by atoms with E-state index in [-0.39, 0.29) is 0 Å². The first-order chi connectivity index (χ1) is 7.28. The summed E-state index contributed by atoms with van der Waals surface area (Å²) in [6, 6.07) is 0. The van der Waals surface area contributed by atoms with Crippen LogP contribution in [0.15, 0.2) is 6.20 Å². The van der Waals surface area contributed by atoms with E-state index in [1.807, 2.05) is 17.5 Å². The molecule has 0 radical (unpaired) electrons. The molecule has 0 spiro atoms. The number of aromatic nitrogens is 1. The molecule has 1 saturated heterocycles. The Labute approximate surface area is 95.3 Å². The summed E-state index contributed by atoms with van der Waals surface area (Å²) in [7, 11) is 2.20. The van der Waals surface area contributed by atoms with Gasteiger partial charge in [-0.1, -0.05) is 0 Å². The third-order valence-electron chi connectivity index (χ3n) is 2.94. The fourth-order valence-corrected chi connectivity index (χ4v) is 3.19. The van der Waals surface area contributed by atoms with Gasteiger partial charge in [0.05, 0.1) is 5.01 Å². The fourth-order valence-electron chi connectivity index (χ4n) is 2.14. The van der Waals surface area contributed by atoms with E-state index in [0.29, 0.717) is 0 Å². The van der Waals surface area contributed by atoms with Crippen molar-refractivity contribution in [2.75, 3.05) is 26.7 Å². The van der Waals surface area contributed by atoms with Crippen molar-refractivity contribution in [1.82, 2.24) is 9.88 Å². The largest absolute Gasteiger partial charge is 0.330 e. The Bertz CT molecular complexity index is 311. The molecular formula is C11H19N3S. The standard InChI is InChI=1S/C11H19N3S/c1-14-5-3-9(8-14)6-11-13-7-10(15-11)2-4-12/h7,9H,2-6,8,12H2,1H3. The lowest BCUT2D eigenvalue weighted by Gasteiger charge is -2.07. The normalized spacial score (nSPS) is 22.4. The highest BCUT2D eigenvalue weighted by molar-refractivity contribution is 7.11. The molecule has 84 valence electrons. The Hall–Kier alpha value is -0.450. The molecule has 0 aromatic carbocycles. The van der Waals surface area contributed by atoms with Crippen molar-refractivity contribution in [3.05, 3.63) is 16.1 Å². The molecule has 15 heavy (non-hydrogen) atoms. The molecule has 2 rings (SSSR count). The lowest BCUT2D eigenvalue weighted by molar-refractivity contribution is 0.394. The number of thiazole rings is 1. The van der Waals surface area contributed by atoms with Crippen molar-refractivity contribution in [2.24, 2.45) is 11.7 Å². The molecular weight excluding hydrogens is 206 g/mol. The van der Waals surface area contributed by atoms with Gasteiger partial charge in [-0.3, -0.25) is 0 Å². The zero-order valence-electron chi connectivity index (χ0n) is 9.28. The lowest BCUT2D eigenvalue weighted by Crippen LogP contribution is -2.14. The molecule has 1 aromatic rings. The highest BCUT2D eigenvalue weighted by atomic mass is 32.1. The molecule has 0 amide bonds. The van der Waals surface area contributed by atoms with Crippen LogP contribution in [0.1, 0.15) is 16.3 Å². The summed E-state index contributed by atoms with van der Waals surface area (Å²) in [4.78, 5) is 8.20. The van der Waals surface area contributed by atoms with Gasteiger partial charge in [0.1, 0.15) is 0 Å². The third kappa shape index (κ3) is 3.00. The number of hydrogen-bond donors (Lipinski definition) is 1. The van der Waals surface area contributed by atoms with Gasteiger partial charge in [-0.15, -0.1) is 11.3 Å². The van der Waals surface area contributed by atoms with Gasteiger partial charge in [-0.25, -0.2) is 4.98 Å². The second-order valence-electron chi connectivity index (χ2n) is 4.38. The molecule has 0 bridgehead atoms. The monoisotopic (exact) mass is 225 g/mol. The Morgan fingerprint density at radius 2 is 2.53 bits per heavy atom. The van der Waals surface area contributed by atoms with Gasteiger partial charge in [0.2, 0.25) is 0 Å². The molecule has 0 saturated carbocycles. The highest BCUT2D eigenvalue weighted by Crippen LogP contribution is 2.22. The molecule has 2 N–H and O–H groups in total. The third-order valence-corrected chi connectivity index (χ3v) is 4.02. The number of rotatable bonds is 4. The lowest BCUT2D eigenvalue weighted by atomic mass is 10.1. The van der Waals surface area contributed by atoms with Crippen LogP contribution in [0, 0.1) is 5.92 Å². The summed E-state index contributed by atoms with van der Waals surface area (Å²) in [6.07, 6.45) is 5.44. The van der Waals surface area contributed by atoms with Crippen LogP contribution < -0.4 is 5.73 Å². The first kappa shape index (κ1) is 11.0. The Morgan fingerprint density at radius 3 is 3.20 bits per heavy atom. The zero-order valence-corrected chi connectivity index (χ0v) is 10.1. The van der Waals surface area contributed by atoms with Crippen LogP contribution in [0.5, 0.6) is 0 Å². The van der Waals surface area contributed by atoms with Crippen LogP contribution in [-0.2, 0) is 12.8 Å². The molecule has 1 atom stereocenters. The SMILES string of the molecule is CN1CCC(Cc2ncc(CCN)s2)C1. The van der Waals surface area contributed by atoms with Crippen LogP contribution in [-0.4, -0.2) is 36.6 Å². The minimum absolute atomic E-state index is 0.730. The van der Waals surface area contributed by atoms with Crippen molar-refractivity contribution in [2.45, 2.75) is 19.3 Å². The van der Waals surface area contributed by atoms with E-state index in [2.05, 4.69) is 16.9 Å². The molecule has 3 nitrogen and oxygen atoms in total. The van der Waals surface area contributed by atoms with Gasteiger partial charge in [-0.05, 0) is 38.9 Å². The van der Waals surface area contributed by atoms with Gasteiger partial charge in [0.25, 0.3) is 0 Å². The molecule has 1 aromatic heterocycles. The Kier molecular flexibility index (Phi) is 3.72. The van der Waals surface area contributed by atoms with Crippen LogP contribution in [0.4, 0.5) is 0 Å². The van der Waals surface area contributed by atoms with Crippen molar-refractivity contribution in [1.29, 1.82) is 0 Å². The maximum absolute atomic E-state index is 5.52. The van der Waals surface area contributed by atoms with Crippen LogP contribution >= 0.6 is 11.3 Å². The maximum atomic E-state index is 5.52. The van der Waals surface area contributed by atoms with Gasteiger partial charge in [0, 0.05) is 24.0 Å². The predicted octanol–water partition coefficient (Wildman–Crippen LogP) is 1.14. The van der Waals surface area contributed by atoms with Gasteiger partial charge in [0.15, 0.2) is 0 Å². The topological polar surface area (TPSA) is 42.2 Å². The highest BCUT2D eigenvalue weighted by Gasteiger charge is 2.20. The van der Waals surface area contributed by atoms with Crippen LogP contribution in [0.25, 0.3) is 0 Å². The summed E-state index contributed by atoms with van der Waals surface area (Å²) in [5.41, 5.74) is 5.52. The second-order valence-corrected chi connectivity index (χ2v) is 5.58. The second kappa shape index (κ2) is 5.05. The number of nitrogens with zero attached hydrogens (tertiary/aromatic N) is 2. The Morgan fingerprint density at radius 1 is 1.67 bits per heavy atom. The number of nitrogens with two attached hydrogens (primary N) is 1. The molecule has 1 unspecified atom stereocenters. The maximum Gasteiger partial charge on any atom is 0.0930 e.